The van der Waals surface area contributed by atoms with E-state index in [2.05, 4.69) is 5.32 Å². The number of nitro benzene ring substituents is 1. The van der Waals surface area contributed by atoms with E-state index in [-0.39, 0.29) is 23.9 Å². The van der Waals surface area contributed by atoms with Crippen molar-refractivity contribution in [2.45, 2.75) is 19.3 Å². The summed E-state index contributed by atoms with van der Waals surface area (Å²) in [5, 5.41) is 13.6. The van der Waals surface area contributed by atoms with Crippen LogP contribution in [-0.4, -0.2) is 24.5 Å². The van der Waals surface area contributed by atoms with E-state index in [0.29, 0.717) is 5.69 Å². The number of nitrogens with two attached hydrogens (primary N) is 1. The van der Waals surface area contributed by atoms with Crippen LogP contribution < -0.4 is 15.8 Å². The molecule has 1 aromatic rings. The average Bonchev–Trinajstić information content (AvgIpc) is 2.38. The molecule has 7 heteroatoms. The van der Waals surface area contributed by atoms with Crippen molar-refractivity contribution in [1.29, 1.82) is 0 Å². The number of rotatable bonds is 5. The topological polar surface area (TPSA) is 107 Å². The van der Waals surface area contributed by atoms with E-state index >= 15 is 0 Å². The first kappa shape index (κ1) is 14.3. The Hall–Kier alpha value is -2.15. The fourth-order valence-electron chi connectivity index (χ4n) is 2.30. The van der Waals surface area contributed by atoms with Gasteiger partial charge >= 0.3 is 5.69 Å². The van der Waals surface area contributed by atoms with E-state index < -0.39 is 10.3 Å². The van der Waals surface area contributed by atoms with Crippen molar-refractivity contribution in [3.8, 4) is 5.75 Å². The van der Waals surface area contributed by atoms with Crippen molar-refractivity contribution < 1.29 is 14.5 Å². The molecule has 2 rings (SSSR count). The van der Waals surface area contributed by atoms with E-state index in [4.69, 9.17) is 10.5 Å². The van der Waals surface area contributed by atoms with Gasteiger partial charge in [0.2, 0.25) is 5.91 Å². The van der Waals surface area contributed by atoms with Crippen LogP contribution in [0.2, 0.25) is 0 Å². The molecule has 7 nitrogen and oxygen atoms in total. The predicted octanol–water partition coefficient (Wildman–Crippen LogP) is 1.67. The lowest BCUT2D eigenvalue weighted by Gasteiger charge is -2.39. The molecule has 1 aromatic carbocycles. The maximum Gasteiger partial charge on any atom is 0.312 e. The van der Waals surface area contributed by atoms with Gasteiger partial charge < -0.3 is 15.8 Å². The number of carbonyl (C=O) groups excluding carboxylic acids is 1. The van der Waals surface area contributed by atoms with Gasteiger partial charge in [0.25, 0.3) is 0 Å². The second-order valence-corrected chi connectivity index (χ2v) is 4.94. The van der Waals surface area contributed by atoms with Gasteiger partial charge in [-0.2, -0.15) is 0 Å². The van der Waals surface area contributed by atoms with Gasteiger partial charge in [-0.1, -0.05) is 6.42 Å². The van der Waals surface area contributed by atoms with Gasteiger partial charge in [0.05, 0.1) is 17.4 Å². The third-order valence-corrected chi connectivity index (χ3v) is 3.82. The maximum absolute atomic E-state index is 12.2. The van der Waals surface area contributed by atoms with E-state index in [1.165, 1.54) is 19.2 Å². The van der Waals surface area contributed by atoms with Crippen molar-refractivity contribution in [3.05, 3.63) is 28.3 Å². The van der Waals surface area contributed by atoms with Gasteiger partial charge in [-0.25, -0.2) is 0 Å². The number of nitrogens with one attached hydrogen (secondary N) is 1. The lowest BCUT2D eigenvalue weighted by molar-refractivity contribution is -0.385. The second-order valence-electron chi connectivity index (χ2n) is 4.94. The summed E-state index contributed by atoms with van der Waals surface area (Å²) in [4.78, 5) is 22.6. The van der Waals surface area contributed by atoms with Crippen molar-refractivity contribution in [2.75, 3.05) is 19.0 Å². The zero-order valence-electron chi connectivity index (χ0n) is 11.2. The van der Waals surface area contributed by atoms with E-state index in [0.717, 1.165) is 19.3 Å². The summed E-state index contributed by atoms with van der Waals surface area (Å²) in [7, 11) is 1.36. The van der Waals surface area contributed by atoms with E-state index in [9.17, 15) is 14.9 Å². The van der Waals surface area contributed by atoms with Crippen molar-refractivity contribution in [1.82, 2.24) is 0 Å². The summed E-state index contributed by atoms with van der Waals surface area (Å²) in [6.45, 7) is 0.289. The first-order chi connectivity index (χ1) is 9.52. The molecular weight excluding hydrogens is 262 g/mol. The van der Waals surface area contributed by atoms with Gasteiger partial charge in [0.1, 0.15) is 0 Å². The van der Waals surface area contributed by atoms with Crippen LogP contribution >= 0.6 is 0 Å². The second kappa shape index (κ2) is 5.46. The van der Waals surface area contributed by atoms with Crippen LogP contribution in [0.1, 0.15) is 19.3 Å². The molecule has 0 heterocycles. The van der Waals surface area contributed by atoms with Gasteiger partial charge in [-0.15, -0.1) is 0 Å². The normalized spacial score (nSPS) is 16.1. The minimum absolute atomic E-state index is 0.158. The molecule has 1 aliphatic carbocycles. The van der Waals surface area contributed by atoms with Crippen LogP contribution in [0.4, 0.5) is 11.4 Å². The number of nitrogens with zero attached hydrogens (tertiary/aromatic N) is 1. The molecule has 0 saturated heterocycles. The fourth-order valence-corrected chi connectivity index (χ4v) is 2.30. The minimum Gasteiger partial charge on any atom is -0.490 e. The Morgan fingerprint density at radius 2 is 2.25 bits per heavy atom. The molecule has 108 valence electrons. The lowest BCUT2D eigenvalue weighted by Crippen LogP contribution is -2.47. The lowest BCUT2D eigenvalue weighted by atomic mass is 9.68. The summed E-state index contributed by atoms with van der Waals surface area (Å²) in [5.41, 5.74) is 5.34. The van der Waals surface area contributed by atoms with E-state index in [1.807, 2.05) is 0 Å². The first-order valence-corrected chi connectivity index (χ1v) is 6.36. The molecule has 0 bridgehead atoms. The van der Waals surface area contributed by atoms with Crippen LogP contribution in [-0.2, 0) is 4.79 Å². The van der Waals surface area contributed by atoms with Crippen molar-refractivity contribution >= 4 is 17.3 Å². The zero-order valence-corrected chi connectivity index (χ0v) is 11.2. The number of methoxy groups -OCH3 is 1. The highest BCUT2D eigenvalue weighted by atomic mass is 16.6. The summed E-state index contributed by atoms with van der Waals surface area (Å²) in [5.74, 6) is -0.0177. The summed E-state index contributed by atoms with van der Waals surface area (Å²) >= 11 is 0. The SMILES string of the molecule is COc1ccc(NC(=O)C2(CN)CCC2)cc1[N+](=O)[O-]. The Bertz CT molecular complexity index is 535. The van der Waals surface area contributed by atoms with Crippen LogP contribution in [0.5, 0.6) is 5.75 Å². The molecule has 0 atom stereocenters. The fraction of sp³-hybridized carbons (Fsp3) is 0.462. The third-order valence-electron chi connectivity index (χ3n) is 3.82. The van der Waals surface area contributed by atoms with Gasteiger partial charge in [-0.3, -0.25) is 14.9 Å². The standard InChI is InChI=1S/C13H17N3O4/c1-20-11-4-3-9(7-10(11)16(18)19)15-12(17)13(8-14)5-2-6-13/h3-4,7H,2,5-6,8,14H2,1H3,(H,15,17). The smallest absolute Gasteiger partial charge is 0.312 e. The van der Waals surface area contributed by atoms with Crippen LogP contribution in [0, 0.1) is 15.5 Å². The molecule has 0 aromatic heterocycles. The maximum atomic E-state index is 12.2. The highest BCUT2D eigenvalue weighted by Crippen LogP contribution is 2.41. The van der Waals surface area contributed by atoms with Gasteiger partial charge in [-0.05, 0) is 25.0 Å². The number of benzene rings is 1. The highest BCUT2D eigenvalue weighted by molar-refractivity contribution is 5.96. The van der Waals surface area contributed by atoms with Gasteiger partial charge in [0, 0.05) is 18.3 Å². The van der Waals surface area contributed by atoms with E-state index in [1.54, 1.807) is 6.07 Å². The Morgan fingerprint density at radius 1 is 1.55 bits per heavy atom. The molecule has 1 fully saturated rings. The monoisotopic (exact) mass is 279 g/mol. The predicted molar refractivity (Wildman–Crippen MR) is 73.6 cm³/mol. The first-order valence-electron chi connectivity index (χ1n) is 6.36. The minimum atomic E-state index is -0.545. The molecule has 1 amide bonds. The highest BCUT2D eigenvalue weighted by Gasteiger charge is 2.42. The number of amides is 1. The van der Waals surface area contributed by atoms with Crippen LogP contribution in [0.3, 0.4) is 0 Å². The van der Waals surface area contributed by atoms with Crippen LogP contribution in [0.25, 0.3) is 0 Å². The molecule has 0 radical (unpaired) electrons. The number of ether oxygens (including phenoxy) is 1. The summed E-state index contributed by atoms with van der Waals surface area (Å²) in [6, 6.07) is 4.33. The number of anilines is 1. The average molecular weight is 279 g/mol. The molecular formula is C13H17N3O4. The Balaban J connectivity index is 2.20. The molecule has 1 saturated carbocycles. The number of carbonyl (C=O) groups is 1. The zero-order chi connectivity index (χ0) is 14.8. The van der Waals surface area contributed by atoms with Crippen LogP contribution in [0.15, 0.2) is 18.2 Å². The third kappa shape index (κ3) is 2.44. The molecule has 3 N–H and O–H groups in total. The molecule has 20 heavy (non-hydrogen) atoms. The number of nitro groups is 1. The molecule has 0 unspecified atom stereocenters. The quantitative estimate of drug-likeness (QED) is 0.629. The number of hydrogen-bond acceptors (Lipinski definition) is 5. The van der Waals surface area contributed by atoms with Crippen molar-refractivity contribution in [3.63, 3.8) is 0 Å². The Morgan fingerprint density at radius 3 is 2.70 bits per heavy atom. The molecule has 1 aliphatic rings. The largest absolute Gasteiger partial charge is 0.490 e. The van der Waals surface area contributed by atoms with Crippen molar-refractivity contribution in [2.24, 2.45) is 11.1 Å². The Kier molecular flexibility index (Phi) is 3.89. The Labute approximate surface area is 116 Å². The summed E-state index contributed by atoms with van der Waals surface area (Å²) in [6.07, 6.45) is 2.49. The number of hydrogen-bond donors (Lipinski definition) is 2. The molecule has 0 aliphatic heterocycles. The molecule has 0 spiro atoms. The summed E-state index contributed by atoms with van der Waals surface area (Å²) < 4.78 is 4.91. The van der Waals surface area contributed by atoms with Gasteiger partial charge in [0.15, 0.2) is 5.75 Å².